The molecule has 1 nitrogen and oxygen atoms in total. The highest BCUT2D eigenvalue weighted by molar-refractivity contribution is 5.37. The van der Waals surface area contributed by atoms with Crippen molar-refractivity contribution >= 4 is 0 Å². The molecule has 2 aliphatic carbocycles. The molecule has 4 rings (SSSR count). The number of hydrogen-bond acceptors (Lipinski definition) is 1. The minimum atomic E-state index is -0.543. The molecule has 1 heteroatoms. The smallest absolute Gasteiger partial charge is 0.0734 e. The fourth-order valence-corrected chi connectivity index (χ4v) is 4.34. The molecule has 0 aliphatic heterocycles. The van der Waals surface area contributed by atoms with Crippen LogP contribution in [0.15, 0.2) is 48.5 Å². The summed E-state index contributed by atoms with van der Waals surface area (Å²) in [7, 11) is 0. The van der Waals surface area contributed by atoms with Crippen LogP contribution in [0, 0.1) is 0 Å². The molecule has 0 saturated carbocycles. The van der Waals surface area contributed by atoms with Gasteiger partial charge in [-0.05, 0) is 53.9 Å². The summed E-state index contributed by atoms with van der Waals surface area (Å²) in [6.45, 7) is 0. The van der Waals surface area contributed by atoms with Crippen molar-refractivity contribution in [2.75, 3.05) is 0 Å². The Morgan fingerprint density at radius 1 is 0.905 bits per heavy atom. The van der Waals surface area contributed by atoms with Gasteiger partial charge in [-0.25, -0.2) is 0 Å². The van der Waals surface area contributed by atoms with E-state index >= 15 is 0 Å². The second-order valence-corrected chi connectivity index (χ2v) is 6.84. The maximum atomic E-state index is 11.1. The van der Waals surface area contributed by atoms with Crippen molar-refractivity contribution in [2.24, 2.45) is 0 Å². The Morgan fingerprint density at radius 2 is 1.52 bits per heavy atom. The van der Waals surface area contributed by atoms with Crippen LogP contribution < -0.4 is 0 Å². The molecule has 108 valence electrons. The summed E-state index contributed by atoms with van der Waals surface area (Å²) in [5.41, 5.74) is 5.10. The van der Waals surface area contributed by atoms with E-state index in [4.69, 9.17) is 0 Å². The molecule has 0 radical (unpaired) electrons. The Hall–Kier alpha value is -1.60. The molecular weight excluding hydrogens is 256 g/mol. The standard InChI is InChI=1S/C20H22O/c21-20(12-16-7-1-2-8-17(16)13-20)14-18-10-5-9-15-6-3-4-11-19(15)18/h1-4,6-8,11,18,21H,5,9-10,12-14H2. The monoisotopic (exact) mass is 278 g/mol. The average Bonchev–Trinajstić information content (AvgIpc) is 2.83. The number of fused-ring (bicyclic) bond motifs is 2. The zero-order valence-electron chi connectivity index (χ0n) is 12.4. The van der Waals surface area contributed by atoms with Crippen LogP contribution in [0.5, 0.6) is 0 Å². The van der Waals surface area contributed by atoms with Gasteiger partial charge in [-0.15, -0.1) is 0 Å². The van der Waals surface area contributed by atoms with E-state index in [-0.39, 0.29) is 0 Å². The van der Waals surface area contributed by atoms with E-state index < -0.39 is 5.60 Å². The van der Waals surface area contributed by atoms with Gasteiger partial charge in [0.05, 0.1) is 5.60 Å². The molecule has 2 aliphatic rings. The molecule has 0 bridgehead atoms. The number of aliphatic hydroxyl groups is 1. The van der Waals surface area contributed by atoms with Crippen molar-refractivity contribution in [3.8, 4) is 0 Å². The second-order valence-electron chi connectivity index (χ2n) is 6.84. The molecule has 2 aromatic rings. The fraction of sp³-hybridized carbons (Fsp3) is 0.400. The Labute approximate surface area is 126 Å². The highest BCUT2D eigenvalue weighted by Crippen LogP contribution is 2.41. The summed E-state index contributed by atoms with van der Waals surface area (Å²) in [6, 6.07) is 17.3. The van der Waals surface area contributed by atoms with E-state index in [1.807, 2.05) is 0 Å². The van der Waals surface area contributed by atoms with Gasteiger partial charge in [-0.2, -0.15) is 0 Å². The van der Waals surface area contributed by atoms with Crippen molar-refractivity contribution in [3.05, 3.63) is 70.8 Å². The molecule has 1 atom stereocenters. The van der Waals surface area contributed by atoms with Crippen LogP contribution >= 0.6 is 0 Å². The minimum absolute atomic E-state index is 0.522. The van der Waals surface area contributed by atoms with Crippen molar-refractivity contribution in [3.63, 3.8) is 0 Å². The van der Waals surface area contributed by atoms with E-state index in [1.54, 1.807) is 0 Å². The quantitative estimate of drug-likeness (QED) is 0.879. The zero-order valence-corrected chi connectivity index (χ0v) is 12.4. The molecule has 0 aromatic heterocycles. The van der Waals surface area contributed by atoms with Gasteiger partial charge < -0.3 is 5.11 Å². The normalized spacial score (nSPS) is 22.6. The number of benzene rings is 2. The Morgan fingerprint density at radius 3 is 2.24 bits per heavy atom. The van der Waals surface area contributed by atoms with Crippen LogP contribution in [0.25, 0.3) is 0 Å². The lowest BCUT2D eigenvalue weighted by Crippen LogP contribution is -2.32. The topological polar surface area (TPSA) is 20.2 Å². The molecule has 1 unspecified atom stereocenters. The number of hydrogen-bond donors (Lipinski definition) is 1. The molecule has 21 heavy (non-hydrogen) atoms. The Bertz CT molecular complexity index is 633. The van der Waals surface area contributed by atoms with Crippen molar-refractivity contribution in [1.82, 2.24) is 0 Å². The SMILES string of the molecule is OC1(CC2CCCc3ccccc32)Cc2ccccc2C1. The number of aryl methyl sites for hydroxylation is 1. The molecule has 0 fully saturated rings. The number of rotatable bonds is 2. The summed E-state index contributed by atoms with van der Waals surface area (Å²) in [6.07, 6.45) is 6.22. The van der Waals surface area contributed by atoms with Gasteiger partial charge >= 0.3 is 0 Å². The highest BCUT2D eigenvalue weighted by Gasteiger charge is 2.38. The van der Waals surface area contributed by atoms with E-state index in [0.29, 0.717) is 5.92 Å². The third-order valence-electron chi connectivity index (χ3n) is 5.28. The van der Waals surface area contributed by atoms with E-state index in [1.165, 1.54) is 41.5 Å². The first-order valence-electron chi connectivity index (χ1n) is 8.10. The summed E-state index contributed by atoms with van der Waals surface area (Å²) in [5, 5.41) is 11.1. The lowest BCUT2D eigenvalue weighted by molar-refractivity contribution is 0.0332. The molecule has 1 N–H and O–H groups in total. The van der Waals surface area contributed by atoms with Gasteiger partial charge in [0, 0.05) is 12.8 Å². The van der Waals surface area contributed by atoms with Crippen LogP contribution in [0.1, 0.15) is 47.4 Å². The van der Waals surface area contributed by atoms with Gasteiger partial charge in [0.2, 0.25) is 0 Å². The zero-order chi connectivity index (χ0) is 14.3. The van der Waals surface area contributed by atoms with Crippen molar-refractivity contribution in [1.29, 1.82) is 0 Å². The first-order chi connectivity index (χ1) is 10.2. The Kier molecular flexibility index (Phi) is 3.11. The summed E-state index contributed by atoms with van der Waals surface area (Å²) in [4.78, 5) is 0. The predicted octanol–water partition coefficient (Wildman–Crippen LogP) is 4.03. The largest absolute Gasteiger partial charge is 0.389 e. The van der Waals surface area contributed by atoms with E-state index in [0.717, 1.165) is 19.3 Å². The highest BCUT2D eigenvalue weighted by atomic mass is 16.3. The lowest BCUT2D eigenvalue weighted by atomic mass is 9.76. The molecule has 0 amide bonds. The fourth-order valence-electron chi connectivity index (χ4n) is 4.34. The van der Waals surface area contributed by atoms with Gasteiger partial charge in [-0.3, -0.25) is 0 Å². The van der Waals surface area contributed by atoms with Crippen LogP contribution in [0.2, 0.25) is 0 Å². The van der Waals surface area contributed by atoms with Crippen LogP contribution in [-0.4, -0.2) is 10.7 Å². The predicted molar refractivity (Wildman–Crippen MR) is 85.5 cm³/mol. The maximum Gasteiger partial charge on any atom is 0.0734 e. The van der Waals surface area contributed by atoms with Gasteiger partial charge in [-0.1, -0.05) is 48.5 Å². The third kappa shape index (κ3) is 2.40. The van der Waals surface area contributed by atoms with Crippen molar-refractivity contribution < 1.29 is 5.11 Å². The summed E-state index contributed by atoms with van der Waals surface area (Å²) in [5.74, 6) is 0.522. The first-order valence-corrected chi connectivity index (χ1v) is 8.10. The second kappa shape index (κ2) is 4.99. The molecule has 0 heterocycles. The van der Waals surface area contributed by atoms with Gasteiger partial charge in [0.25, 0.3) is 0 Å². The first kappa shape index (κ1) is 13.1. The van der Waals surface area contributed by atoms with E-state index in [2.05, 4.69) is 48.5 Å². The van der Waals surface area contributed by atoms with Crippen LogP contribution in [0.4, 0.5) is 0 Å². The maximum absolute atomic E-state index is 11.1. The van der Waals surface area contributed by atoms with Gasteiger partial charge in [0.15, 0.2) is 0 Å². The van der Waals surface area contributed by atoms with Crippen molar-refractivity contribution in [2.45, 2.75) is 50.0 Å². The molecule has 0 saturated heterocycles. The van der Waals surface area contributed by atoms with Crippen LogP contribution in [0.3, 0.4) is 0 Å². The van der Waals surface area contributed by atoms with E-state index in [9.17, 15) is 5.11 Å². The summed E-state index contributed by atoms with van der Waals surface area (Å²) < 4.78 is 0. The molecule has 0 spiro atoms. The third-order valence-corrected chi connectivity index (χ3v) is 5.28. The lowest BCUT2D eigenvalue weighted by Gasteiger charge is -2.32. The van der Waals surface area contributed by atoms with Gasteiger partial charge in [0.1, 0.15) is 0 Å². The Balaban J connectivity index is 1.58. The minimum Gasteiger partial charge on any atom is -0.389 e. The summed E-state index contributed by atoms with van der Waals surface area (Å²) >= 11 is 0. The average molecular weight is 278 g/mol. The molecular formula is C20H22O. The van der Waals surface area contributed by atoms with Crippen LogP contribution in [-0.2, 0) is 19.3 Å². The molecule has 2 aromatic carbocycles.